The third kappa shape index (κ3) is 4.20. The average Bonchev–Trinajstić information content (AvgIpc) is 3.26. The summed E-state index contributed by atoms with van der Waals surface area (Å²) in [6.45, 7) is 4.30. The van der Waals surface area contributed by atoms with E-state index in [4.69, 9.17) is 4.74 Å². The SMILES string of the molecule is CCOC(=O)c1nnn([C@H](CC(=O)N2CCCC2=O)C2CCCCC2)c1C. The average molecular weight is 376 g/mol. The van der Waals surface area contributed by atoms with E-state index in [-0.39, 0.29) is 42.5 Å². The molecular weight excluding hydrogens is 348 g/mol. The second kappa shape index (κ2) is 8.63. The van der Waals surface area contributed by atoms with Crippen molar-refractivity contribution < 1.29 is 19.1 Å². The Labute approximate surface area is 159 Å². The van der Waals surface area contributed by atoms with E-state index < -0.39 is 5.97 Å². The number of hydrogen-bond donors (Lipinski definition) is 0. The number of aromatic nitrogens is 3. The maximum Gasteiger partial charge on any atom is 0.360 e. The Morgan fingerprint density at radius 2 is 1.96 bits per heavy atom. The van der Waals surface area contributed by atoms with Crippen molar-refractivity contribution in [3.05, 3.63) is 11.4 Å². The molecule has 1 aromatic heterocycles. The summed E-state index contributed by atoms with van der Waals surface area (Å²) in [5.41, 5.74) is 0.812. The van der Waals surface area contributed by atoms with Gasteiger partial charge < -0.3 is 4.74 Å². The number of likely N-dealkylation sites (tertiary alicyclic amines) is 1. The van der Waals surface area contributed by atoms with Gasteiger partial charge in [-0.2, -0.15) is 0 Å². The van der Waals surface area contributed by atoms with Gasteiger partial charge >= 0.3 is 5.97 Å². The van der Waals surface area contributed by atoms with Crippen molar-refractivity contribution >= 4 is 17.8 Å². The van der Waals surface area contributed by atoms with E-state index in [9.17, 15) is 14.4 Å². The summed E-state index contributed by atoms with van der Waals surface area (Å²) in [5.74, 6) is -0.453. The van der Waals surface area contributed by atoms with Crippen LogP contribution in [0.2, 0.25) is 0 Å². The van der Waals surface area contributed by atoms with Crippen molar-refractivity contribution in [3.8, 4) is 0 Å². The zero-order chi connectivity index (χ0) is 19.4. The molecule has 2 fully saturated rings. The molecule has 2 heterocycles. The molecule has 0 radical (unpaired) electrons. The maximum atomic E-state index is 12.8. The fraction of sp³-hybridized carbons (Fsp3) is 0.737. The fourth-order valence-corrected chi connectivity index (χ4v) is 4.22. The lowest BCUT2D eigenvalue weighted by molar-refractivity contribution is -0.142. The Bertz CT molecular complexity index is 709. The fourth-order valence-electron chi connectivity index (χ4n) is 4.22. The van der Waals surface area contributed by atoms with E-state index >= 15 is 0 Å². The molecule has 0 unspecified atom stereocenters. The molecule has 1 saturated carbocycles. The summed E-state index contributed by atoms with van der Waals surface area (Å²) in [5, 5.41) is 8.22. The molecule has 8 nitrogen and oxygen atoms in total. The zero-order valence-corrected chi connectivity index (χ0v) is 16.1. The van der Waals surface area contributed by atoms with Crippen LogP contribution in [0, 0.1) is 12.8 Å². The van der Waals surface area contributed by atoms with Gasteiger partial charge in [0.15, 0.2) is 5.69 Å². The van der Waals surface area contributed by atoms with Crippen LogP contribution in [-0.2, 0) is 14.3 Å². The number of imide groups is 1. The van der Waals surface area contributed by atoms with Gasteiger partial charge in [-0.05, 0) is 39.0 Å². The zero-order valence-electron chi connectivity index (χ0n) is 16.1. The molecule has 3 rings (SSSR count). The minimum Gasteiger partial charge on any atom is -0.461 e. The smallest absolute Gasteiger partial charge is 0.360 e. The Kier molecular flexibility index (Phi) is 6.23. The summed E-state index contributed by atoms with van der Waals surface area (Å²) in [6, 6.07) is -0.193. The first-order valence-electron chi connectivity index (χ1n) is 9.95. The molecule has 1 aliphatic carbocycles. The van der Waals surface area contributed by atoms with Crippen LogP contribution in [0.3, 0.4) is 0 Å². The van der Waals surface area contributed by atoms with Crippen molar-refractivity contribution in [3.63, 3.8) is 0 Å². The number of amides is 2. The highest BCUT2D eigenvalue weighted by Gasteiger charge is 2.34. The molecule has 27 heavy (non-hydrogen) atoms. The first-order chi connectivity index (χ1) is 13.0. The van der Waals surface area contributed by atoms with E-state index in [0.29, 0.717) is 18.7 Å². The van der Waals surface area contributed by atoms with E-state index in [1.165, 1.54) is 11.3 Å². The van der Waals surface area contributed by atoms with Gasteiger partial charge in [-0.3, -0.25) is 14.5 Å². The highest BCUT2D eigenvalue weighted by molar-refractivity contribution is 5.96. The number of ether oxygens (including phenoxy) is 1. The molecule has 1 aromatic rings. The Balaban J connectivity index is 1.85. The third-order valence-electron chi connectivity index (χ3n) is 5.66. The predicted octanol–water partition coefficient (Wildman–Crippen LogP) is 2.42. The number of nitrogens with zero attached hydrogens (tertiary/aromatic N) is 4. The van der Waals surface area contributed by atoms with Crippen molar-refractivity contribution in [2.75, 3.05) is 13.2 Å². The number of esters is 1. The van der Waals surface area contributed by atoms with Crippen LogP contribution in [0.15, 0.2) is 0 Å². The van der Waals surface area contributed by atoms with Gasteiger partial charge in [-0.1, -0.05) is 24.5 Å². The van der Waals surface area contributed by atoms with Crippen LogP contribution >= 0.6 is 0 Å². The van der Waals surface area contributed by atoms with Crippen molar-refractivity contribution in [2.24, 2.45) is 5.92 Å². The molecule has 1 aliphatic heterocycles. The monoisotopic (exact) mass is 376 g/mol. The number of carbonyl (C=O) groups is 3. The molecule has 8 heteroatoms. The third-order valence-corrected chi connectivity index (χ3v) is 5.66. The van der Waals surface area contributed by atoms with Crippen LogP contribution in [0.5, 0.6) is 0 Å². The Morgan fingerprint density at radius 3 is 2.59 bits per heavy atom. The lowest BCUT2D eigenvalue weighted by Gasteiger charge is -2.31. The largest absolute Gasteiger partial charge is 0.461 e. The van der Waals surface area contributed by atoms with Crippen molar-refractivity contribution in [2.45, 2.75) is 71.3 Å². The topological polar surface area (TPSA) is 94.4 Å². The van der Waals surface area contributed by atoms with Gasteiger partial charge in [0.1, 0.15) is 0 Å². The number of carbonyl (C=O) groups excluding carboxylic acids is 3. The lowest BCUT2D eigenvalue weighted by atomic mass is 9.82. The first-order valence-corrected chi connectivity index (χ1v) is 9.95. The normalized spacial score (nSPS) is 19.3. The molecule has 0 N–H and O–H groups in total. The molecule has 0 spiro atoms. The second-order valence-electron chi connectivity index (χ2n) is 7.40. The van der Waals surface area contributed by atoms with E-state index in [1.807, 2.05) is 0 Å². The predicted molar refractivity (Wildman–Crippen MR) is 96.9 cm³/mol. The van der Waals surface area contributed by atoms with E-state index in [1.54, 1.807) is 18.5 Å². The molecule has 1 saturated heterocycles. The van der Waals surface area contributed by atoms with Gasteiger partial charge in [0.25, 0.3) is 0 Å². The van der Waals surface area contributed by atoms with Crippen molar-refractivity contribution in [1.29, 1.82) is 0 Å². The lowest BCUT2D eigenvalue weighted by Crippen LogP contribution is -2.36. The summed E-state index contributed by atoms with van der Waals surface area (Å²) < 4.78 is 6.76. The highest BCUT2D eigenvalue weighted by atomic mass is 16.5. The Hall–Kier alpha value is -2.25. The quantitative estimate of drug-likeness (QED) is 0.708. The van der Waals surface area contributed by atoms with Crippen LogP contribution in [-0.4, -0.2) is 50.8 Å². The van der Waals surface area contributed by atoms with Crippen molar-refractivity contribution in [1.82, 2.24) is 19.9 Å². The molecule has 148 valence electrons. The van der Waals surface area contributed by atoms with Crippen LogP contribution < -0.4 is 0 Å². The van der Waals surface area contributed by atoms with Gasteiger partial charge in [-0.15, -0.1) is 5.10 Å². The standard InChI is InChI=1S/C19H28N4O4/c1-3-27-19(26)18-13(2)23(21-20-18)15(14-8-5-4-6-9-14)12-17(25)22-11-7-10-16(22)24/h14-15H,3-12H2,1-2H3/t15-/m1/s1. The van der Waals surface area contributed by atoms with Gasteiger partial charge in [0.05, 0.1) is 24.8 Å². The second-order valence-corrected chi connectivity index (χ2v) is 7.40. The van der Waals surface area contributed by atoms with Crippen LogP contribution in [0.1, 0.15) is 80.5 Å². The van der Waals surface area contributed by atoms with E-state index in [2.05, 4.69) is 10.3 Å². The van der Waals surface area contributed by atoms with Gasteiger partial charge in [0, 0.05) is 13.0 Å². The summed E-state index contributed by atoms with van der Waals surface area (Å²) in [6.07, 6.45) is 6.85. The summed E-state index contributed by atoms with van der Waals surface area (Å²) >= 11 is 0. The minimum atomic E-state index is -0.496. The van der Waals surface area contributed by atoms with Gasteiger partial charge in [-0.25, -0.2) is 9.48 Å². The van der Waals surface area contributed by atoms with E-state index in [0.717, 1.165) is 32.1 Å². The molecule has 2 amide bonds. The molecule has 0 aromatic carbocycles. The van der Waals surface area contributed by atoms with Crippen LogP contribution in [0.25, 0.3) is 0 Å². The summed E-state index contributed by atoms with van der Waals surface area (Å²) in [7, 11) is 0. The number of hydrogen-bond acceptors (Lipinski definition) is 6. The van der Waals surface area contributed by atoms with Gasteiger partial charge in [0.2, 0.25) is 11.8 Å². The molecule has 2 aliphatic rings. The Morgan fingerprint density at radius 1 is 1.22 bits per heavy atom. The minimum absolute atomic E-state index is 0.0927. The molecular formula is C19H28N4O4. The molecule has 1 atom stereocenters. The first kappa shape index (κ1) is 19.5. The highest BCUT2D eigenvalue weighted by Crippen LogP contribution is 2.36. The maximum absolute atomic E-state index is 12.8. The number of rotatable bonds is 6. The molecule has 0 bridgehead atoms. The summed E-state index contributed by atoms with van der Waals surface area (Å²) in [4.78, 5) is 38.2. The van der Waals surface area contributed by atoms with Crippen LogP contribution in [0.4, 0.5) is 0 Å².